The number of hydrogen-bond donors (Lipinski definition) is 2. The van der Waals surface area contributed by atoms with Crippen molar-refractivity contribution in [3.8, 4) is 5.95 Å². The van der Waals surface area contributed by atoms with Gasteiger partial charge in [-0.15, -0.1) is 0 Å². The monoisotopic (exact) mass is 405 g/mol. The molecule has 2 amide bonds. The van der Waals surface area contributed by atoms with Crippen LogP contribution in [-0.4, -0.2) is 31.6 Å². The molecule has 3 heterocycles. The van der Waals surface area contributed by atoms with Crippen molar-refractivity contribution in [2.24, 2.45) is 0 Å². The van der Waals surface area contributed by atoms with Crippen LogP contribution in [0.25, 0.3) is 17.0 Å². The number of halogens is 1. The van der Waals surface area contributed by atoms with E-state index in [1.54, 1.807) is 6.92 Å². The van der Waals surface area contributed by atoms with Gasteiger partial charge in [-0.3, -0.25) is 19.5 Å². The summed E-state index contributed by atoms with van der Waals surface area (Å²) in [5.41, 5.74) is 2.00. The van der Waals surface area contributed by atoms with Crippen molar-refractivity contribution in [1.82, 2.24) is 19.7 Å². The second-order valence-electron chi connectivity index (χ2n) is 7.17. The van der Waals surface area contributed by atoms with Crippen molar-refractivity contribution in [3.63, 3.8) is 0 Å². The molecular formula is C21H16FN5O3. The van der Waals surface area contributed by atoms with E-state index in [-0.39, 0.29) is 17.7 Å². The summed E-state index contributed by atoms with van der Waals surface area (Å²) in [6.07, 6.45) is -0.135. The highest BCUT2D eigenvalue weighted by Crippen LogP contribution is 2.33. The smallest absolute Gasteiger partial charge is 0.278 e. The normalized spacial score (nSPS) is 16.7. The summed E-state index contributed by atoms with van der Waals surface area (Å²) in [5.74, 6) is -2.04. The summed E-state index contributed by atoms with van der Waals surface area (Å²) in [5, 5.41) is 2.94. The number of nitrogens with zero attached hydrogens (tertiary/aromatic N) is 3. The number of nitrogens with one attached hydrogen (secondary N) is 2. The Balaban J connectivity index is 1.55. The molecule has 8 nitrogen and oxygen atoms in total. The first-order valence-electron chi connectivity index (χ1n) is 9.33. The van der Waals surface area contributed by atoms with Crippen LogP contribution in [0.3, 0.4) is 0 Å². The summed E-state index contributed by atoms with van der Waals surface area (Å²) in [7, 11) is 0. The van der Waals surface area contributed by atoms with E-state index in [0.717, 1.165) is 10.4 Å². The fourth-order valence-electron chi connectivity index (χ4n) is 3.88. The highest BCUT2D eigenvalue weighted by molar-refractivity contribution is 6.22. The Bertz CT molecular complexity index is 1330. The van der Waals surface area contributed by atoms with E-state index < -0.39 is 29.1 Å². The van der Waals surface area contributed by atoms with Crippen LogP contribution >= 0.6 is 0 Å². The van der Waals surface area contributed by atoms with Gasteiger partial charge in [-0.2, -0.15) is 4.68 Å². The Morgan fingerprint density at radius 3 is 2.53 bits per heavy atom. The number of aryl methyl sites for hydroxylation is 1. The van der Waals surface area contributed by atoms with Gasteiger partial charge in [-0.25, -0.2) is 14.3 Å². The number of para-hydroxylation sites is 2. The van der Waals surface area contributed by atoms with Crippen molar-refractivity contribution in [3.05, 3.63) is 76.0 Å². The minimum absolute atomic E-state index is 0.135. The Morgan fingerprint density at radius 2 is 1.80 bits per heavy atom. The molecule has 1 aliphatic rings. The Labute approximate surface area is 168 Å². The molecule has 1 atom stereocenters. The lowest BCUT2D eigenvalue weighted by Gasteiger charge is -2.14. The molecule has 2 aromatic heterocycles. The number of amides is 2. The molecule has 0 saturated carbocycles. The molecule has 2 N–H and O–H groups in total. The molecule has 1 saturated heterocycles. The molecule has 5 rings (SSSR count). The van der Waals surface area contributed by atoms with Crippen LogP contribution in [0.5, 0.6) is 0 Å². The zero-order valence-corrected chi connectivity index (χ0v) is 15.8. The van der Waals surface area contributed by atoms with Crippen LogP contribution < -0.4 is 10.5 Å². The third-order valence-corrected chi connectivity index (χ3v) is 5.29. The van der Waals surface area contributed by atoms with Crippen LogP contribution in [0, 0.1) is 12.7 Å². The van der Waals surface area contributed by atoms with Crippen molar-refractivity contribution in [2.45, 2.75) is 19.3 Å². The van der Waals surface area contributed by atoms with E-state index in [1.165, 1.54) is 28.9 Å². The van der Waals surface area contributed by atoms with Crippen LogP contribution in [0.4, 0.5) is 10.1 Å². The second kappa shape index (κ2) is 6.51. The number of fused-ring (bicyclic) bond motifs is 1. The zero-order valence-electron chi connectivity index (χ0n) is 15.8. The van der Waals surface area contributed by atoms with Gasteiger partial charge < -0.3 is 4.98 Å². The van der Waals surface area contributed by atoms with Gasteiger partial charge in [0.25, 0.3) is 5.56 Å². The first-order valence-corrected chi connectivity index (χ1v) is 9.33. The first-order chi connectivity index (χ1) is 14.4. The molecule has 0 spiro atoms. The van der Waals surface area contributed by atoms with Crippen molar-refractivity contribution < 1.29 is 14.0 Å². The minimum atomic E-state index is -0.920. The topological polar surface area (TPSA) is 104 Å². The maximum absolute atomic E-state index is 13.2. The highest BCUT2D eigenvalue weighted by atomic mass is 19.1. The SMILES string of the molecule is Cc1[nH]n(-c2nc3ccccc3[nH]2)c(=O)c1C1CC(=O)N(c2ccc(F)cc2)C1=O. The Morgan fingerprint density at radius 1 is 1.07 bits per heavy atom. The first kappa shape index (κ1) is 18.0. The summed E-state index contributed by atoms with van der Waals surface area (Å²) < 4.78 is 14.4. The van der Waals surface area contributed by atoms with E-state index in [0.29, 0.717) is 17.2 Å². The third kappa shape index (κ3) is 2.66. The van der Waals surface area contributed by atoms with Gasteiger partial charge in [0.1, 0.15) is 5.82 Å². The second-order valence-corrected chi connectivity index (χ2v) is 7.17. The van der Waals surface area contributed by atoms with E-state index in [9.17, 15) is 18.8 Å². The van der Waals surface area contributed by atoms with E-state index in [2.05, 4.69) is 15.1 Å². The number of aromatic amines is 2. The van der Waals surface area contributed by atoms with Crippen molar-refractivity contribution in [2.75, 3.05) is 4.90 Å². The molecule has 0 aliphatic carbocycles. The Hall–Kier alpha value is -4.01. The quantitative estimate of drug-likeness (QED) is 0.511. The highest BCUT2D eigenvalue weighted by Gasteiger charge is 2.43. The maximum Gasteiger partial charge on any atom is 0.278 e. The number of rotatable bonds is 3. The van der Waals surface area contributed by atoms with Crippen LogP contribution in [-0.2, 0) is 9.59 Å². The molecular weight excluding hydrogens is 389 g/mol. The zero-order chi connectivity index (χ0) is 21.0. The predicted octanol–water partition coefficient (Wildman–Crippen LogP) is 2.54. The van der Waals surface area contributed by atoms with Gasteiger partial charge in [0.2, 0.25) is 17.8 Å². The standard InChI is InChI=1S/C21H16FN5O3/c1-11-18(14-10-17(28)26(19(14)29)13-8-6-12(22)7-9-13)20(30)27(25-11)21-23-15-4-2-3-5-16(15)24-21/h2-9,14,25H,10H2,1H3,(H,23,24). The number of benzene rings is 2. The molecule has 30 heavy (non-hydrogen) atoms. The largest absolute Gasteiger partial charge is 0.322 e. The van der Waals surface area contributed by atoms with Crippen molar-refractivity contribution >= 4 is 28.5 Å². The third-order valence-electron chi connectivity index (χ3n) is 5.29. The van der Waals surface area contributed by atoms with Crippen LogP contribution in [0.2, 0.25) is 0 Å². The summed E-state index contributed by atoms with van der Waals surface area (Å²) in [6, 6.07) is 12.4. The Kier molecular flexibility index (Phi) is 3.92. The molecule has 0 bridgehead atoms. The molecule has 150 valence electrons. The summed E-state index contributed by atoms with van der Waals surface area (Å²) >= 11 is 0. The van der Waals surface area contributed by atoms with Crippen LogP contribution in [0.1, 0.15) is 23.6 Å². The fourth-order valence-corrected chi connectivity index (χ4v) is 3.88. The lowest BCUT2D eigenvalue weighted by Crippen LogP contribution is -2.31. The number of carbonyl (C=O) groups is 2. The number of H-pyrrole nitrogens is 2. The van der Waals surface area contributed by atoms with Gasteiger partial charge in [0, 0.05) is 12.1 Å². The molecule has 2 aromatic carbocycles. The van der Waals surface area contributed by atoms with E-state index in [4.69, 9.17) is 0 Å². The number of imidazole rings is 1. The summed E-state index contributed by atoms with van der Waals surface area (Å²) in [4.78, 5) is 47.2. The number of aromatic nitrogens is 4. The van der Waals surface area contributed by atoms with Gasteiger partial charge in [0.05, 0.1) is 28.2 Å². The number of hydrogen-bond acceptors (Lipinski definition) is 4. The molecule has 1 aliphatic heterocycles. The van der Waals surface area contributed by atoms with Gasteiger partial charge >= 0.3 is 0 Å². The molecule has 1 fully saturated rings. The van der Waals surface area contributed by atoms with Crippen molar-refractivity contribution in [1.29, 1.82) is 0 Å². The molecule has 0 radical (unpaired) electrons. The lowest BCUT2D eigenvalue weighted by atomic mass is 9.98. The number of carbonyl (C=O) groups excluding carboxylic acids is 2. The number of imide groups is 1. The van der Waals surface area contributed by atoms with Gasteiger partial charge in [0.15, 0.2) is 0 Å². The average Bonchev–Trinajstić information content (AvgIpc) is 3.36. The summed E-state index contributed by atoms with van der Waals surface area (Å²) in [6.45, 7) is 1.67. The molecule has 4 aromatic rings. The van der Waals surface area contributed by atoms with Gasteiger partial charge in [-0.05, 0) is 43.3 Å². The van der Waals surface area contributed by atoms with Crippen LogP contribution in [0.15, 0.2) is 53.3 Å². The van der Waals surface area contributed by atoms with E-state index in [1.807, 2.05) is 24.3 Å². The number of anilines is 1. The predicted molar refractivity (Wildman–Crippen MR) is 107 cm³/mol. The lowest BCUT2D eigenvalue weighted by molar-refractivity contribution is -0.121. The molecule has 1 unspecified atom stereocenters. The maximum atomic E-state index is 13.2. The minimum Gasteiger partial charge on any atom is -0.322 e. The average molecular weight is 405 g/mol. The van der Waals surface area contributed by atoms with E-state index >= 15 is 0 Å². The van der Waals surface area contributed by atoms with Gasteiger partial charge in [-0.1, -0.05) is 12.1 Å². The fraction of sp³-hybridized carbons (Fsp3) is 0.143. The molecule has 9 heteroatoms.